The van der Waals surface area contributed by atoms with Gasteiger partial charge < -0.3 is 19.5 Å². The summed E-state index contributed by atoms with van der Waals surface area (Å²) in [6.45, 7) is 3.49. The van der Waals surface area contributed by atoms with E-state index in [2.05, 4.69) is 9.88 Å². The zero-order valence-electron chi connectivity index (χ0n) is 16.1. The van der Waals surface area contributed by atoms with Crippen LogP contribution in [0.1, 0.15) is 12.0 Å². The summed E-state index contributed by atoms with van der Waals surface area (Å²) in [7, 11) is 0. The number of alkyl halides is 3. The van der Waals surface area contributed by atoms with Gasteiger partial charge in [0, 0.05) is 51.6 Å². The molecule has 1 N–H and O–H groups in total. The third kappa shape index (κ3) is 6.07. The van der Waals surface area contributed by atoms with Crippen molar-refractivity contribution in [2.24, 2.45) is 0 Å². The number of hydrogen-bond donors (Lipinski definition) is 1. The lowest BCUT2D eigenvalue weighted by molar-refractivity contribution is -0.137. The van der Waals surface area contributed by atoms with Crippen molar-refractivity contribution in [3.05, 3.63) is 48.2 Å². The molecule has 0 saturated carbocycles. The summed E-state index contributed by atoms with van der Waals surface area (Å²) >= 11 is 0. The molecule has 1 amide bonds. The van der Waals surface area contributed by atoms with E-state index in [0.29, 0.717) is 37.2 Å². The highest BCUT2D eigenvalue weighted by Gasteiger charge is 2.30. The molecule has 0 unspecified atom stereocenters. The van der Waals surface area contributed by atoms with Crippen molar-refractivity contribution in [1.29, 1.82) is 0 Å². The summed E-state index contributed by atoms with van der Waals surface area (Å²) in [5.41, 5.74) is -0.855. The van der Waals surface area contributed by atoms with Crippen LogP contribution in [0.4, 0.5) is 18.0 Å². The first-order chi connectivity index (χ1) is 14.3. The Morgan fingerprint density at radius 2 is 1.70 bits per heavy atom. The minimum absolute atomic E-state index is 0.0202. The molecule has 2 heterocycles. The first kappa shape index (κ1) is 21.8. The number of carbonyl (C=O) groups excluding carboxylic acids is 1. The third-order valence-electron chi connectivity index (χ3n) is 4.58. The molecular formula is C20H22F3N3O4. The summed E-state index contributed by atoms with van der Waals surface area (Å²) in [5.74, 6) is 0.696. The van der Waals surface area contributed by atoms with E-state index in [4.69, 9.17) is 14.6 Å². The molecule has 3 rings (SSSR count). The molecule has 1 aliphatic rings. The molecule has 1 fully saturated rings. The molecule has 162 valence electrons. The van der Waals surface area contributed by atoms with E-state index < -0.39 is 17.8 Å². The fourth-order valence-electron chi connectivity index (χ4n) is 2.92. The molecule has 1 saturated heterocycles. The smallest absolute Gasteiger partial charge is 0.417 e. The van der Waals surface area contributed by atoms with Gasteiger partial charge in [-0.2, -0.15) is 13.2 Å². The zero-order valence-corrected chi connectivity index (χ0v) is 16.1. The highest BCUT2D eigenvalue weighted by Crippen LogP contribution is 2.30. The van der Waals surface area contributed by atoms with E-state index >= 15 is 0 Å². The molecular weight excluding hydrogens is 403 g/mol. The van der Waals surface area contributed by atoms with Crippen LogP contribution >= 0.6 is 0 Å². The maximum Gasteiger partial charge on any atom is 0.417 e. The minimum Gasteiger partial charge on any atom is -0.439 e. The van der Waals surface area contributed by atoms with E-state index in [1.165, 1.54) is 24.3 Å². The minimum atomic E-state index is -4.46. The van der Waals surface area contributed by atoms with Gasteiger partial charge >= 0.3 is 12.3 Å². The zero-order chi connectivity index (χ0) is 21.6. The van der Waals surface area contributed by atoms with Crippen molar-refractivity contribution in [1.82, 2.24) is 14.8 Å². The molecule has 1 aromatic heterocycles. The largest absolute Gasteiger partial charge is 0.439 e. The van der Waals surface area contributed by atoms with E-state index in [0.717, 1.165) is 31.8 Å². The Kier molecular flexibility index (Phi) is 7.11. The number of halogens is 3. The molecule has 1 aromatic carbocycles. The Morgan fingerprint density at radius 3 is 2.27 bits per heavy atom. The quantitative estimate of drug-likeness (QED) is 0.765. The van der Waals surface area contributed by atoms with Crippen LogP contribution in [0, 0.1) is 0 Å². The van der Waals surface area contributed by atoms with Gasteiger partial charge in [-0.15, -0.1) is 0 Å². The Bertz CT molecular complexity index is 821. The maximum absolute atomic E-state index is 12.6. The van der Waals surface area contributed by atoms with Gasteiger partial charge in [-0.05, 0) is 36.8 Å². The number of aromatic nitrogens is 1. The normalized spacial score (nSPS) is 15.1. The summed E-state index contributed by atoms with van der Waals surface area (Å²) in [6, 6.07) is 8.17. The van der Waals surface area contributed by atoms with Gasteiger partial charge in [0.15, 0.2) is 0 Å². The first-order valence-electron chi connectivity index (χ1n) is 9.46. The van der Waals surface area contributed by atoms with Crippen molar-refractivity contribution >= 4 is 6.09 Å². The first-order valence-corrected chi connectivity index (χ1v) is 9.46. The Morgan fingerprint density at radius 1 is 1.03 bits per heavy atom. The second-order valence-electron chi connectivity index (χ2n) is 6.73. The number of hydrogen-bond acceptors (Lipinski definition) is 6. The van der Waals surface area contributed by atoms with Crippen LogP contribution in [0.15, 0.2) is 42.6 Å². The van der Waals surface area contributed by atoms with Crippen LogP contribution in [0.2, 0.25) is 0 Å². The molecule has 2 aromatic rings. The Hall–Kier alpha value is -2.85. The monoisotopic (exact) mass is 425 g/mol. The standard InChI is InChI=1S/C20H22F3N3O4/c21-20(22,23)15-2-7-18(24-14-15)29-16-3-5-17(6-4-16)30-19(28)26-11-9-25(10-12-26)8-1-13-27/h2-7,14,27H,1,8-13H2. The molecule has 7 nitrogen and oxygen atoms in total. The lowest BCUT2D eigenvalue weighted by atomic mass is 10.3. The van der Waals surface area contributed by atoms with Crippen molar-refractivity contribution in [3.63, 3.8) is 0 Å². The molecule has 0 radical (unpaired) electrons. The van der Waals surface area contributed by atoms with Gasteiger partial charge in [0.05, 0.1) is 5.56 Å². The lowest BCUT2D eigenvalue weighted by Gasteiger charge is -2.33. The molecule has 0 aliphatic carbocycles. The summed E-state index contributed by atoms with van der Waals surface area (Å²) in [6.07, 6.45) is -3.49. The maximum atomic E-state index is 12.6. The third-order valence-corrected chi connectivity index (χ3v) is 4.58. The Labute approximate surface area is 171 Å². The molecule has 30 heavy (non-hydrogen) atoms. The summed E-state index contributed by atoms with van der Waals surface area (Å²) in [4.78, 5) is 19.7. The fraction of sp³-hybridized carbons (Fsp3) is 0.400. The Balaban J connectivity index is 1.49. The van der Waals surface area contributed by atoms with Crippen LogP contribution in [0.5, 0.6) is 17.4 Å². The van der Waals surface area contributed by atoms with E-state index in [1.54, 1.807) is 4.90 Å². The molecule has 0 spiro atoms. The van der Waals surface area contributed by atoms with Crippen LogP contribution < -0.4 is 9.47 Å². The number of rotatable bonds is 6. The van der Waals surface area contributed by atoms with Crippen LogP contribution in [0.3, 0.4) is 0 Å². The number of amides is 1. The van der Waals surface area contributed by atoms with E-state index in [-0.39, 0.29) is 12.5 Å². The molecule has 0 bridgehead atoms. The summed E-state index contributed by atoms with van der Waals surface area (Å²) < 4.78 is 48.5. The molecule has 0 atom stereocenters. The number of ether oxygens (including phenoxy) is 2. The highest BCUT2D eigenvalue weighted by atomic mass is 19.4. The van der Waals surface area contributed by atoms with Gasteiger partial charge in [0.25, 0.3) is 0 Å². The topological polar surface area (TPSA) is 75.1 Å². The second-order valence-corrected chi connectivity index (χ2v) is 6.73. The summed E-state index contributed by atoms with van der Waals surface area (Å²) in [5, 5.41) is 8.88. The highest BCUT2D eigenvalue weighted by molar-refractivity contribution is 5.70. The number of aliphatic hydroxyl groups is 1. The number of piperazine rings is 1. The number of carbonyl (C=O) groups is 1. The van der Waals surface area contributed by atoms with Crippen LogP contribution in [-0.2, 0) is 6.18 Å². The van der Waals surface area contributed by atoms with Crippen LogP contribution in [0.25, 0.3) is 0 Å². The van der Waals surface area contributed by atoms with Crippen molar-refractivity contribution in [3.8, 4) is 17.4 Å². The van der Waals surface area contributed by atoms with Gasteiger partial charge in [0.1, 0.15) is 11.5 Å². The molecule has 10 heteroatoms. The average molecular weight is 425 g/mol. The van der Waals surface area contributed by atoms with Gasteiger partial charge in [-0.3, -0.25) is 4.90 Å². The van der Waals surface area contributed by atoms with Gasteiger partial charge in [0.2, 0.25) is 5.88 Å². The number of benzene rings is 1. The number of nitrogens with zero attached hydrogens (tertiary/aromatic N) is 3. The SMILES string of the molecule is O=C(Oc1ccc(Oc2ccc(C(F)(F)F)cn2)cc1)N1CCN(CCCO)CC1. The van der Waals surface area contributed by atoms with Crippen molar-refractivity contribution in [2.45, 2.75) is 12.6 Å². The van der Waals surface area contributed by atoms with Crippen molar-refractivity contribution in [2.75, 3.05) is 39.3 Å². The fourth-order valence-corrected chi connectivity index (χ4v) is 2.92. The van der Waals surface area contributed by atoms with Crippen LogP contribution in [-0.4, -0.2) is 65.3 Å². The van der Waals surface area contributed by atoms with E-state index in [9.17, 15) is 18.0 Å². The number of pyridine rings is 1. The number of aliphatic hydroxyl groups excluding tert-OH is 1. The van der Waals surface area contributed by atoms with Gasteiger partial charge in [-0.25, -0.2) is 9.78 Å². The lowest BCUT2D eigenvalue weighted by Crippen LogP contribution is -2.49. The molecule has 1 aliphatic heterocycles. The predicted octanol–water partition coefficient (Wildman–Crippen LogP) is 3.39. The van der Waals surface area contributed by atoms with Crippen molar-refractivity contribution < 1.29 is 32.5 Å². The second kappa shape index (κ2) is 9.77. The van der Waals surface area contributed by atoms with Gasteiger partial charge in [-0.1, -0.05) is 0 Å². The van der Waals surface area contributed by atoms with E-state index in [1.807, 2.05) is 0 Å². The average Bonchev–Trinajstić information content (AvgIpc) is 2.74. The predicted molar refractivity (Wildman–Crippen MR) is 101 cm³/mol.